The zero-order chi connectivity index (χ0) is 19.3. The van der Waals surface area contributed by atoms with Gasteiger partial charge in [0, 0.05) is 12.2 Å². The molecule has 2 aromatic carbocycles. The molecule has 136 valence electrons. The van der Waals surface area contributed by atoms with Crippen molar-refractivity contribution in [2.75, 3.05) is 28.6 Å². The van der Waals surface area contributed by atoms with Gasteiger partial charge in [-0.2, -0.15) is 5.26 Å². The molecule has 0 unspecified atom stereocenters. The van der Waals surface area contributed by atoms with Crippen LogP contribution in [0.25, 0.3) is 0 Å². The van der Waals surface area contributed by atoms with E-state index in [4.69, 9.17) is 5.26 Å². The molecule has 0 aromatic heterocycles. The van der Waals surface area contributed by atoms with Gasteiger partial charge >= 0.3 is 0 Å². The van der Waals surface area contributed by atoms with E-state index >= 15 is 0 Å². The van der Waals surface area contributed by atoms with E-state index in [2.05, 4.69) is 0 Å². The number of sulfonamides is 1. The first-order valence-corrected chi connectivity index (χ1v) is 9.96. The number of hydrogen-bond acceptors (Lipinski definition) is 4. The van der Waals surface area contributed by atoms with E-state index in [1.807, 2.05) is 44.2 Å². The average molecular weight is 371 g/mol. The first-order valence-electron chi connectivity index (χ1n) is 8.11. The highest BCUT2D eigenvalue weighted by Crippen LogP contribution is 2.21. The SMILES string of the molecule is CCN(C(=O)CN(c1cccc(C#N)c1)S(C)(=O)=O)c1cccc(C)c1. The summed E-state index contributed by atoms with van der Waals surface area (Å²) < 4.78 is 25.5. The van der Waals surface area contributed by atoms with Gasteiger partial charge in [0.2, 0.25) is 15.9 Å². The minimum Gasteiger partial charge on any atom is -0.311 e. The van der Waals surface area contributed by atoms with Crippen LogP contribution in [-0.4, -0.2) is 33.7 Å². The summed E-state index contributed by atoms with van der Waals surface area (Å²) in [5, 5.41) is 9.04. The van der Waals surface area contributed by atoms with Crippen molar-refractivity contribution in [1.29, 1.82) is 5.26 Å². The molecule has 6 nitrogen and oxygen atoms in total. The maximum Gasteiger partial charge on any atom is 0.247 e. The Labute approximate surface area is 154 Å². The van der Waals surface area contributed by atoms with Gasteiger partial charge in [0.1, 0.15) is 6.54 Å². The largest absolute Gasteiger partial charge is 0.311 e. The number of amides is 1. The summed E-state index contributed by atoms with van der Waals surface area (Å²) in [5.74, 6) is -0.342. The molecule has 0 atom stereocenters. The summed E-state index contributed by atoms with van der Waals surface area (Å²) in [7, 11) is -3.69. The molecular formula is C19H21N3O3S. The second kappa shape index (κ2) is 8.02. The van der Waals surface area contributed by atoms with Crippen molar-refractivity contribution in [2.45, 2.75) is 13.8 Å². The zero-order valence-corrected chi connectivity index (χ0v) is 15.8. The Kier molecular flexibility index (Phi) is 6.01. The number of aryl methyl sites for hydroxylation is 1. The highest BCUT2D eigenvalue weighted by molar-refractivity contribution is 7.92. The first kappa shape index (κ1) is 19.5. The Hall–Kier alpha value is -2.85. The minimum atomic E-state index is -3.69. The number of carbonyl (C=O) groups is 1. The summed E-state index contributed by atoms with van der Waals surface area (Å²) in [6.45, 7) is 3.84. The molecule has 2 aromatic rings. The van der Waals surface area contributed by atoms with Crippen LogP contribution in [0.4, 0.5) is 11.4 Å². The van der Waals surface area contributed by atoms with Crippen molar-refractivity contribution in [3.8, 4) is 6.07 Å². The maximum absolute atomic E-state index is 12.8. The third-order valence-electron chi connectivity index (χ3n) is 3.87. The lowest BCUT2D eigenvalue weighted by atomic mass is 10.2. The van der Waals surface area contributed by atoms with Crippen LogP contribution in [0.1, 0.15) is 18.1 Å². The summed E-state index contributed by atoms with van der Waals surface area (Å²) >= 11 is 0. The van der Waals surface area contributed by atoms with Crippen molar-refractivity contribution in [2.24, 2.45) is 0 Å². The summed E-state index contributed by atoms with van der Waals surface area (Å²) in [6, 6.07) is 15.6. The standard InChI is InChI=1S/C19H21N3O3S/c1-4-21(17-9-5-7-15(2)11-17)19(23)14-22(26(3,24)25)18-10-6-8-16(12-18)13-20/h5-12H,4,14H2,1-3H3. The van der Waals surface area contributed by atoms with Crippen molar-refractivity contribution < 1.29 is 13.2 Å². The Bertz CT molecular complexity index is 948. The number of carbonyl (C=O) groups excluding carboxylic acids is 1. The molecule has 0 spiro atoms. The molecule has 0 saturated heterocycles. The van der Waals surface area contributed by atoms with Crippen LogP contribution in [0.15, 0.2) is 48.5 Å². The molecule has 0 heterocycles. The van der Waals surface area contributed by atoms with Crippen LogP contribution < -0.4 is 9.21 Å². The zero-order valence-electron chi connectivity index (χ0n) is 15.0. The van der Waals surface area contributed by atoms with E-state index in [-0.39, 0.29) is 12.5 Å². The van der Waals surface area contributed by atoms with Crippen LogP contribution in [0.5, 0.6) is 0 Å². The van der Waals surface area contributed by atoms with Crippen LogP contribution in [0.2, 0.25) is 0 Å². The van der Waals surface area contributed by atoms with Crippen molar-refractivity contribution in [1.82, 2.24) is 0 Å². The third-order valence-corrected chi connectivity index (χ3v) is 5.01. The topological polar surface area (TPSA) is 81.5 Å². The summed E-state index contributed by atoms with van der Waals surface area (Å²) in [4.78, 5) is 14.4. The van der Waals surface area contributed by atoms with Gasteiger partial charge in [-0.25, -0.2) is 8.42 Å². The van der Waals surface area contributed by atoms with Gasteiger partial charge < -0.3 is 4.90 Å². The lowest BCUT2D eigenvalue weighted by Crippen LogP contribution is -2.43. The predicted molar refractivity (Wildman–Crippen MR) is 103 cm³/mol. The van der Waals surface area contributed by atoms with Gasteiger partial charge in [0.15, 0.2) is 0 Å². The Morgan fingerprint density at radius 1 is 1.12 bits per heavy atom. The van der Waals surface area contributed by atoms with E-state index < -0.39 is 10.0 Å². The number of benzene rings is 2. The fourth-order valence-electron chi connectivity index (χ4n) is 2.64. The van der Waals surface area contributed by atoms with Crippen LogP contribution in [0, 0.1) is 18.3 Å². The van der Waals surface area contributed by atoms with Gasteiger partial charge in [0.05, 0.1) is 23.6 Å². The third kappa shape index (κ3) is 4.61. The molecule has 0 radical (unpaired) electrons. The van der Waals surface area contributed by atoms with Gasteiger partial charge in [-0.3, -0.25) is 9.10 Å². The molecule has 1 amide bonds. The van der Waals surface area contributed by atoms with E-state index in [1.165, 1.54) is 6.07 Å². The van der Waals surface area contributed by atoms with E-state index in [0.29, 0.717) is 17.8 Å². The second-order valence-corrected chi connectivity index (χ2v) is 7.82. The van der Waals surface area contributed by atoms with Crippen LogP contribution >= 0.6 is 0 Å². The molecule has 0 fully saturated rings. The smallest absolute Gasteiger partial charge is 0.247 e. The minimum absolute atomic E-state index is 0.292. The van der Waals surface area contributed by atoms with E-state index in [9.17, 15) is 13.2 Å². The van der Waals surface area contributed by atoms with E-state index in [1.54, 1.807) is 23.1 Å². The highest BCUT2D eigenvalue weighted by atomic mass is 32.2. The van der Waals surface area contributed by atoms with Gasteiger partial charge in [-0.1, -0.05) is 18.2 Å². The van der Waals surface area contributed by atoms with E-state index in [0.717, 1.165) is 21.8 Å². The van der Waals surface area contributed by atoms with Crippen molar-refractivity contribution in [3.63, 3.8) is 0 Å². The van der Waals surface area contributed by atoms with Gasteiger partial charge in [-0.15, -0.1) is 0 Å². The molecular weight excluding hydrogens is 350 g/mol. The Morgan fingerprint density at radius 2 is 1.77 bits per heavy atom. The molecule has 0 aliphatic heterocycles. The lowest BCUT2D eigenvalue weighted by molar-refractivity contribution is -0.117. The predicted octanol–water partition coefficient (Wildman–Crippen LogP) is 2.69. The van der Waals surface area contributed by atoms with Crippen molar-refractivity contribution in [3.05, 3.63) is 59.7 Å². The number of hydrogen-bond donors (Lipinski definition) is 0. The number of likely N-dealkylation sites (N-methyl/N-ethyl adjacent to an activating group) is 1. The molecule has 7 heteroatoms. The van der Waals surface area contributed by atoms with Gasteiger partial charge in [-0.05, 0) is 49.7 Å². The summed E-state index contributed by atoms with van der Waals surface area (Å²) in [6.07, 6.45) is 1.04. The monoisotopic (exact) mass is 371 g/mol. The summed E-state index contributed by atoms with van der Waals surface area (Å²) in [5.41, 5.74) is 2.35. The normalized spacial score (nSPS) is 10.8. The Balaban J connectivity index is 2.36. The maximum atomic E-state index is 12.8. The number of anilines is 2. The fourth-order valence-corrected chi connectivity index (χ4v) is 3.48. The number of rotatable bonds is 6. The molecule has 0 N–H and O–H groups in total. The van der Waals surface area contributed by atoms with Gasteiger partial charge in [0.25, 0.3) is 0 Å². The van der Waals surface area contributed by atoms with Crippen molar-refractivity contribution >= 4 is 27.3 Å². The van der Waals surface area contributed by atoms with Crippen LogP contribution in [0.3, 0.4) is 0 Å². The average Bonchev–Trinajstić information content (AvgIpc) is 2.59. The number of nitriles is 1. The highest BCUT2D eigenvalue weighted by Gasteiger charge is 2.24. The Morgan fingerprint density at radius 3 is 2.35 bits per heavy atom. The molecule has 0 bridgehead atoms. The lowest BCUT2D eigenvalue weighted by Gasteiger charge is -2.27. The molecule has 0 aliphatic rings. The fraction of sp³-hybridized carbons (Fsp3) is 0.263. The first-order chi connectivity index (χ1) is 12.3. The van der Waals surface area contributed by atoms with Crippen LogP contribution in [-0.2, 0) is 14.8 Å². The molecule has 2 rings (SSSR count). The number of nitrogens with zero attached hydrogens (tertiary/aromatic N) is 3. The molecule has 0 saturated carbocycles. The molecule has 0 aliphatic carbocycles. The second-order valence-electron chi connectivity index (χ2n) is 5.91. The quantitative estimate of drug-likeness (QED) is 0.782. The molecule has 26 heavy (non-hydrogen) atoms.